The van der Waals surface area contributed by atoms with E-state index in [1.54, 1.807) is 0 Å². The van der Waals surface area contributed by atoms with Crippen molar-refractivity contribution in [3.63, 3.8) is 0 Å². The number of fused-ring (bicyclic) bond motifs is 1. The molecule has 2 aromatic rings. The fourth-order valence-electron chi connectivity index (χ4n) is 2.31. The molecule has 0 radical (unpaired) electrons. The highest BCUT2D eigenvalue weighted by atomic mass is 15.2. The molecule has 1 atom stereocenters. The van der Waals surface area contributed by atoms with Gasteiger partial charge in [0, 0.05) is 11.9 Å². The van der Waals surface area contributed by atoms with E-state index in [4.69, 9.17) is 0 Å². The SMILES string of the molecule is CN1CCC=CC1c1[nH]nc2ccccc12. The van der Waals surface area contributed by atoms with Crippen molar-refractivity contribution in [2.75, 3.05) is 13.6 Å². The number of rotatable bonds is 1. The lowest BCUT2D eigenvalue weighted by molar-refractivity contribution is 0.276. The predicted molar refractivity (Wildman–Crippen MR) is 65.2 cm³/mol. The molecule has 3 heteroatoms. The molecule has 1 aliphatic rings. The van der Waals surface area contributed by atoms with Crippen molar-refractivity contribution in [1.29, 1.82) is 0 Å². The zero-order valence-electron chi connectivity index (χ0n) is 9.35. The molecule has 1 N–H and O–H groups in total. The third-order valence-corrected chi connectivity index (χ3v) is 3.23. The normalized spacial score (nSPS) is 21.7. The summed E-state index contributed by atoms with van der Waals surface area (Å²) in [6.07, 6.45) is 5.64. The maximum Gasteiger partial charge on any atom is 0.0924 e. The lowest BCUT2D eigenvalue weighted by Gasteiger charge is -2.27. The smallest absolute Gasteiger partial charge is 0.0924 e. The first-order chi connectivity index (χ1) is 7.86. The van der Waals surface area contributed by atoms with Gasteiger partial charge >= 0.3 is 0 Å². The molecule has 1 aliphatic heterocycles. The van der Waals surface area contributed by atoms with E-state index in [2.05, 4.69) is 46.4 Å². The molecule has 2 heterocycles. The highest BCUT2D eigenvalue weighted by Crippen LogP contribution is 2.28. The van der Waals surface area contributed by atoms with Crippen LogP contribution in [0.5, 0.6) is 0 Å². The molecule has 0 amide bonds. The maximum atomic E-state index is 4.34. The molecule has 0 fully saturated rings. The Balaban J connectivity index is 2.11. The highest BCUT2D eigenvalue weighted by molar-refractivity contribution is 5.81. The fraction of sp³-hybridized carbons (Fsp3) is 0.308. The molecule has 1 aromatic heterocycles. The monoisotopic (exact) mass is 213 g/mol. The summed E-state index contributed by atoms with van der Waals surface area (Å²) in [4.78, 5) is 2.35. The third-order valence-electron chi connectivity index (χ3n) is 3.23. The lowest BCUT2D eigenvalue weighted by Crippen LogP contribution is -2.27. The summed E-state index contributed by atoms with van der Waals surface area (Å²) in [6, 6.07) is 8.59. The Morgan fingerprint density at radius 1 is 1.38 bits per heavy atom. The number of benzene rings is 1. The maximum absolute atomic E-state index is 4.34. The van der Waals surface area contributed by atoms with E-state index in [0.29, 0.717) is 6.04 Å². The Morgan fingerprint density at radius 2 is 2.25 bits per heavy atom. The van der Waals surface area contributed by atoms with E-state index in [-0.39, 0.29) is 0 Å². The van der Waals surface area contributed by atoms with E-state index in [1.807, 2.05) is 12.1 Å². The Bertz CT molecular complexity index is 527. The molecule has 16 heavy (non-hydrogen) atoms. The topological polar surface area (TPSA) is 31.9 Å². The molecule has 82 valence electrons. The van der Waals surface area contributed by atoms with Crippen LogP contribution < -0.4 is 0 Å². The highest BCUT2D eigenvalue weighted by Gasteiger charge is 2.20. The van der Waals surface area contributed by atoms with Gasteiger partial charge < -0.3 is 0 Å². The van der Waals surface area contributed by atoms with Crippen LogP contribution in [-0.2, 0) is 0 Å². The van der Waals surface area contributed by atoms with Gasteiger partial charge in [-0.25, -0.2) is 0 Å². The molecule has 1 aromatic carbocycles. The van der Waals surface area contributed by atoms with E-state index in [9.17, 15) is 0 Å². The summed E-state index contributed by atoms with van der Waals surface area (Å²) in [7, 11) is 2.16. The third kappa shape index (κ3) is 1.44. The van der Waals surface area contributed by atoms with Crippen LogP contribution in [0.3, 0.4) is 0 Å². The second-order valence-corrected chi connectivity index (χ2v) is 4.30. The number of nitrogens with zero attached hydrogens (tertiary/aromatic N) is 2. The van der Waals surface area contributed by atoms with E-state index < -0.39 is 0 Å². The van der Waals surface area contributed by atoms with Crippen molar-refractivity contribution in [3.8, 4) is 0 Å². The first kappa shape index (κ1) is 9.60. The minimum atomic E-state index is 0.334. The zero-order chi connectivity index (χ0) is 11.0. The summed E-state index contributed by atoms with van der Waals surface area (Å²) in [5.74, 6) is 0. The van der Waals surface area contributed by atoms with E-state index in [0.717, 1.165) is 18.5 Å². The van der Waals surface area contributed by atoms with Crippen LogP contribution >= 0.6 is 0 Å². The lowest BCUT2D eigenvalue weighted by atomic mass is 10.0. The molecule has 3 rings (SSSR count). The summed E-state index contributed by atoms with van der Waals surface area (Å²) in [6.45, 7) is 1.11. The van der Waals surface area contributed by atoms with Gasteiger partial charge in [-0.05, 0) is 19.5 Å². The number of likely N-dealkylation sites (N-methyl/N-ethyl adjacent to an activating group) is 1. The summed E-state index contributed by atoms with van der Waals surface area (Å²) >= 11 is 0. The van der Waals surface area contributed by atoms with Crippen molar-refractivity contribution in [2.24, 2.45) is 0 Å². The number of para-hydroxylation sites is 1. The van der Waals surface area contributed by atoms with Crippen molar-refractivity contribution in [1.82, 2.24) is 15.1 Å². The van der Waals surface area contributed by atoms with E-state index in [1.165, 1.54) is 11.1 Å². The standard InChI is InChI=1S/C13H15N3/c1-16-9-5-4-8-12(16)13-10-6-2-3-7-11(10)14-15-13/h2-4,6-8,12H,5,9H2,1H3,(H,14,15). The Kier molecular flexibility index (Phi) is 2.26. The Hall–Kier alpha value is -1.61. The first-order valence-corrected chi connectivity index (χ1v) is 5.66. The van der Waals surface area contributed by atoms with Crippen molar-refractivity contribution in [2.45, 2.75) is 12.5 Å². The van der Waals surface area contributed by atoms with Crippen LogP contribution in [-0.4, -0.2) is 28.7 Å². The molecular formula is C13H15N3. The van der Waals surface area contributed by atoms with Gasteiger partial charge in [0.25, 0.3) is 0 Å². The van der Waals surface area contributed by atoms with E-state index >= 15 is 0 Å². The molecule has 1 unspecified atom stereocenters. The number of aromatic amines is 1. The minimum absolute atomic E-state index is 0.334. The molecule has 0 bridgehead atoms. The largest absolute Gasteiger partial charge is 0.294 e. The van der Waals surface area contributed by atoms with Crippen LogP contribution in [0.4, 0.5) is 0 Å². The number of aromatic nitrogens is 2. The number of H-pyrrole nitrogens is 1. The summed E-state index contributed by atoms with van der Waals surface area (Å²) < 4.78 is 0. The molecule has 0 saturated heterocycles. The molecule has 0 aliphatic carbocycles. The van der Waals surface area contributed by atoms with Gasteiger partial charge in [0.05, 0.1) is 17.3 Å². The first-order valence-electron chi connectivity index (χ1n) is 5.66. The quantitative estimate of drug-likeness (QED) is 0.738. The van der Waals surface area contributed by atoms with Crippen molar-refractivity contribution >= 4 is 10.9 Å². The average molecular weight is 213 g/mol. The Labute approximate surface area is 94.8 Å². The van der Waals surface area contributed by atoms with Gasteiger partial charge in [-0.2, -0.15) is 5.10 Å². The molecule has 0 spiro atoms. The Morgan fingerprint density at radius 3 is 3.12 bits per heavy atom. The number of hydrogen-bond donors (Lipinski definition) is 1. The zero-order valence-corrected chi connectivity index (χ0v) is 9.35. The summed E-state index contributed by atoms with van der Waals surface area (Å²) in [5, 5.41) is 8.74. The number of hydrogen-bond acceptors (Lipinski definition) is 2. The average Bonchev–Trinajstić information content (AvgIpc) is 2.74. The fourth-order valence-corrected chi connectivity index (χ4v) is 2.31. The van der Waals surface area contributed by atoms with Crippen LogP contribution in [0.25, 0.3) is 10.9 Å². The van der Waals surface area contributed by atoms with Gasteiger partial charge in [0.1, 0.15) is 0 Å². The predicted octanol–water partition coefficient (Wildman–Crippen LogP) is 2.50. The van der Waals surface area contributed by atoms with Crippen LogP contribution in [0.2, 0.25) is 0 Å². The van der Waals surface area contributed by atoms with Crippen LogP contribution in [0.1, 0.15) is 18.2 Å². The van der Waals surface area contributed by atoms with Gasteiger partial charge in [-0.3, -0.25) is 10.00 Å². The van der Waals surface area contributed by atoms with Gasteiger partial charge in [0.2, 0.25) is 0 Å². The van der Waals surface area contributed by atoms with Crippen LogP contribution in [0.15, 0.2) is 36.4 Å². The van der Waals surface area contributed by atoms with Gasteiger partial charge in [-0.1, -0.05) is 30.4 Å². The summed E-state index contributed by atoms with van der Waals surface area (Å²) in [5.41, 5.74) is 2.25. The van der Waals surface area contributed by atoms with Gasteiger partial charge in [0.15, 0.2) is 0 Å². The second-order valence-electron chi connectivity index (χ2n) is 4.30. The minimum Gasteiger partial charge on any atom is -0.294 e. The number of nitrogens with one attached hydrogen (secondary N) is 1. The molecular weight excluding hydrogens is 198 g/mol. The van der Waals surface area contributed by atoms with Crippen molar-refractivity contribution < 1.29 is 0 Å². The molecule has 0 saturated carbocycles. The second kappa shape index (κ2) is 3.76. The van der Waals surface area contributed by atoms with Gasteiger partial charge in [-0.15, -0.1) is 0 Å². The van der Waals surface area contributed by atoms with Crippen LogP contribution in [0, 0.1) is 0 Å². The van der Waals surface area contributed by atoms with Crippen molar-refractivity contribution in [3.05, 3.63) is 42.1 Å². The molecule has 3 nitrogen and oxygen atoms in total.